The van der Waals surface area contributed by atoms with Gasteiger partial charge in [-0.05, 0) is 0 Å². The fourth-order valence-corrected chi connectivity index (χ4v) is 12.0. The van der Waals surface area contributed by atoms with Crippen LogP contribution in [-0.2, 0) is 49.2 Å². The highest BCUT2D eigenvalue weighted by molar-refractivity contribution is 7.97. The lowest BCUT2D eigenvalue weighted by atomic mass is 10.3. The first-order chi connectivity index (χ1) is 11.5. The molecule has 0 atom stereocenters. The van der Waals surface area contributed by atoms with Crippen LogP contribution in [0.3, 0.4) is 0 Å². The summed E-state index contributed by atoms with van der Waals surface area (Å²) >= 11 is 3.76. The fraction of sp³-hybridized carbons (Fsp3) is 0.455. The van der Waals surface area contributed by atoms with Gasteiger partial charge in [-0.1, -0.05) is 0 Å². The van der Waals surface area contributed by atoms with E-state index in [-0.39, 0.29) is 0 Å². The molecule has 0 aromatic heterocycles. The molecule has 16 heteroatoms. The van der Waals surface area contributed by atoms with Crippen LogP contribution in [0.1, 0.15) is 0 Å². The van der Waals surface area contributed by atoms with E-state index in [0.717, 1.165) is 0 Å². The Morgan fingerprint density at radius 3 is 0.704 bits per heavy atom. The minimum Gasteiger partial charge on any atom is -0.224 e. The van der Waals surface area contributed by atoms with E-state index in [4.69, 9.17) is 0 Å². The van der Waals surface area contributed by atoms with Crippen LogP contribution in [0, 0.1) is 0 Å². The maximum atomic E-state index is 12.3. The van der Waals surface area contributed by atoms with Crippen molar-refractivity contribution >= 4 is 61.8 Å². The summed E-state index contributed by atoms with van der Waals surface area (Å²) in [4.78, 5) is -7.52. The molecule has 0 aliphatic carbocycles. The summed E-state index contributed by atoms with van der Waals surface area (Å²) in [6.45, 7) is 0. The second kappa shape index (κ2) is 6.69. The zero-order valence-corrected chi connectivity index (χ0v) is 19.5. The third kappa shape index (κ3) is 4.84. The SMILES string of the molecule is CS(=O)(=O)c1c(S)c(S(C)(=O)=O)c(S(C)(=O)=O)c(S(C)(=O)=O)c1S(C)(=O)=O. The molecule has 0 amide bonds. The molecule has 0 bridgehead atoms. The van der Waals surface area contributed by atoms with E-state index >= 15 is 0 Å². The molecule has 0 saturated carbocycles. The highest BCUT2D eigenvalue weighted by Crippen LogP contribution is 2.43. The molecule has 27 heavy (non-hydrogen) atoms. The first-order valence-electron chi connectivity index (χ1n) is 6.45. The zero-order chi connectivity index (χ0) is 22.0. The molecule has 0 unspecified atom stereocenters. The van der Waals surface area contributed by atoms with Gasteiger partial charge in [0.2, 0.25) is 0 Å². The zero-order valence-electron chi connectivity index (χ0n) is 14.6. The van der Waals surface area contributed by atoms with Gasteiger partial charge in [-0.2, -0.15) is 0 Å². The molecular weight excluding hydrogens is 485 g/mol. The lowest BCUT2D eigenvalue weighted by Crippen LogP contribution is -2.22. The lowest BCUT2D eigenvalue weighted by molar-refractivity contribution is 0.555. The van der Waals surface area contributed by atoms with Crippen LogP contribution in [0.5, 0.6) is 0 Å². The summed E-state index contributed by atoms with van der Waals surface area (Å²) in [5.41, 5.74) is 0. The number of hydrogen-bond acceptors (Lipinski definition) is 11. The van der Waals surface area contributed by atoms with Gasteiger partial charge < -0.3 is 0 Å². The maximum Gasteiger partial charge on any atom is 0.178 e. The Kier molecular flexibility index (Phi) is 6.03. The van der Waals surface area contributed by atoms with E-state index in [0.29, 0.717) is 31.3 Å². The minimum absolute atomic E-state index is 0.433. The molecule has 0 heterocycles. The fourth-order valence-electron chi connectivity index (χ4n) is 2.33. The molecule has 0 radical (unpaired) electrons. The molecule has 1 rings (SSSR count). The van der Waals surface area contributed by atoms with Gasteiger partial charge in [-0.25, -0.2) is 42.1 Å². The number of rotatable bonds is 5. The maximum absolute atomic E-state index is 12.3. The van der Waals surface area contributed by atoms with Gasteiger partial charge in [0.05, 0.1) is 0 Å². The van der Waals surface area contributed by atoms with Gasteiger partial charge >= 0.3 is 0 Å². The quantitative estimate of drug-likeness (QED) is 0.494. The molecule has 10 nitrogen and oxygen atoms in total. The summed E-state index contributed by atoms with van der Waals surface area (Å²) in [6.07, 6.45) is 2.38. The van der Waals surface area contributed by atoms with Gasteiger partial charge in [0, 0.05) is 36.2 Å². The van der Waals surface area contributed by atoms with E-state index in [9.17, 15) is 42.1 Å². The summed E-state index contributed by atoms with van der Waals surface area (Å²) in [5, 5.41) is 0. The number of sulfone groups is 5. The average Bonchev–Trinajstić information content (AvgIpc) is 2.29. The highest BCUT2D eigenvalue weighted by atomic mass is 32.2. The van der Waals surface area contributed by atoms with Gasteiger partial charge in [0.1, 0.15) is 24.5 Å². The van der Waals surface area contributed by atoms with Crippen LogP contribution in [0.2, 0.25) is 0 Å². The molecule has 0 aliphatic rings. The van der Waals surface area contributed by atoms with Crippen LogP contribution < -0.4 is 0 Å². The Morgan fingerprint density at radius 2 is 0.556 bits per heavy atom. The van der Waals surface area contributed by atoms with Gasteiger partial charge in [0.25, 0.3) is 0 Å². The molecule has 1 aromatic rings. The van der Waals surface area contributed by atoms with Crippen LogP contribution in [0.25, 0.3) is 0 Å². The van der Waals surface area contributed by atoms with Gasteiger partial charge in [-0.15, -0.1) is 12.6 Å². The monoisotopic (exact) mass is 500 g/mol. The second-order valence-electron chi connectivity index (χ2n) is 5.86. The van der Waals surface area contributed by atoms with Crippen LogP contribution in [-0.4, -0.2) is 73.4 Å². The normalized spacial score (nSPS) is 14.3. The number of thiol groups is 1. The first kappa shape index (κ1) is 24.4. The van der Waals surface area contributed by atoms with E-state index < -0.39 is 78.6 Å². The summed E-state index contributed by atoms with van der Waals surface area (Å²) in [5.74, 6) is 0. The molecule has 1 aromatic carbocycles. The Bertz CT molecular complexity index is 1270. The van der Waals surface area contributed by atoms with Crippen molar-refractivity contribution in [3.63, 3.8) is 0 Å². The molecule has 0 spiro atoms. The van der Waals surface area contributed by atoms with Gasteiger partial charge in [0.15, 0.2) is 49.2 Å². The first-order valence-corrected chi connectivity index (χ1v) is 16.4. The largest absolute Gasteiger partial charge is 0.224 e. The topological polar surface area (TPSA) is 171 Å². The minimum atomic E-state index is -4.73. The lowest BCUT2D eigenvalue weighted by Gasteiger charge is -2.20. The predicted octanol–water partition coefficient (Wildman–Crippen LogP) is -1.01. The van der Waals surface area contributed by atoms with Crippen molar-refractivity contribution in [1.29, 1.82) is 0 Å². The smallest absolute Gasteiger partial charge is 0.178 e. The van der Waals surface area contributed by atoms with Crippen molar-refractivity contribution in [2.75, 3.05) is 31.3 Å². The summed E-state index contributed by atoms with van der Waals surface area (Å²) in [7, 11) is -23.2. The van der Waals surface area contributed by atoms with Gasteiger partial charge in [-0.3, -0.25) is 0 Å². The Labute approximate surface area is 164 Å². The van der Waals surface area contributed by atoms with E-state index in [2.05, 4.69) is 12.6 Å². The third-order valence-corrected chi connectivity index (χ3v) is 10.1. The molecule has 0 aliphatic heterocycles. The Hall–Kier alpha value is -0.680. The van der Waals surface area contributed by atoms with Crippen molar-refractivity contribution in [2.24, 2.45) is 0 Å². The molecule has 0 fully saturated rings. The number of hydrogen-bond donors (Lipinski definition) is 1. The standard InChI is InChI=1S/C11H16O10S6/c1-23(12,13)7-6(22)8(24(2,14)15)10(26(4,18)19)11(27(5,20)21)9(7)25(3,16)17/h22H,1-5H3. The van der Waals surface area contributed by atoms with Crippen LogP contribution in [0.4, 0.5) is 0 Å². The van der Waals surface area contributed by atoms with Crippen molar-refractivity contribution in [3.8, 4) is 0 Å². The van der Waals surface area contributed by atoms with E-state index in [1.54, 1.807) is 0 Å². The molecular formula is C11H16O10S6. The average molecular weight is 501 g/mol. The van der Waals surface area contributed by atoms with Crippen molar-refractivity contribution in [2.45, 2.75) is 29.4 Å². The van der Waals surface area contributed by atoms with E-state index in [1.165, 1.54) is 0 Å². The predicted molar refractivity (Wildman–Crippen MR) is 99.2 cm³/mol. The van der Waals surface area contributed by atoms with Crippen molar-refractivity contribution in [3.05, 3.63) is 0 Å². The molecule has 0 saturated heterocycles. The molecule has 0 N–H and O–H groups in total. The number of benzene rings is 1. The summed E-state index contributed by atoms with van der Waals surface area (Å²) < 4.78 is 122. The Balaban J connectivity index is 5.01. The Morgan fingerprint density at radius 1 is 0.407 bits per heavy atom. The molecule has 156 valence electrons. The second-order valence-corrected chi connectivity index (χ2v) is 16.1. The van der Waals surface area contributed by atoms with Crippen LogP contribution >= 0.6 is 12.6 Å². The highest BCUT2D eigenvalue weighted by Gasteiger charge is 2.41. The summed E-state index contributed by atoms with van der Waals surface area (Å²) in [6, 6.07) is 0. The van der Waals surface area contributed by atoms with Crippen LogP contribution in [0.15, 0.2) is 29.4 Å². The van der Waals surface area contributed by atoms with Crippen molar-refractivity contribution < 1.29 is 42.1 Å². The van der Waals surface area contributed by atoms with E-state index in [1.807, 2.05) is 0 Å². The van der Waals surface area contributed by atoms with Crippen molar-refractivity contribution in [1.82, 2.24) is 0 Å². The third-order valence-electron chi connectivity index (χ3n) is 3.11.